The molecule has 0 aliphatic rings. The van der Waals surface area contributed by atoms with Gasteiger partial charge in [-0.05, 0) is 49.4 Å². The fraction of sp³-hybridized carbons (Fsp3) is 0.440. The maximum absolute atomic E-state index is 13.3. The SMILES string of the molecule is CC[C@@H](C)NC(=O)[C@@H](CC)N(Cc1ccccc1Cl)C(=O)CSCc1ccccc1C. The van der Waals surface area contributed by atoms with E-state index in [1.807, 2.05) is 57.2 Å². The zero-order valence-corrected chi connectivity index (χ0v) is 20.4. The summed E-state index contributed by atoms with van der Waals surface area (Å²) in [6.07, 6.45) is 1.38. The van der Waals surface area contributed by atoms with Crippen LogP contribution >= 0.6 is 23.4 Å². The Balaban J connectivity index is 2.16. The fourth-order valence-electron chi connectivity index (χ4n) is 3.27. The number of hydrogen-bond donors (Lipinski definition) is 1. The standard InChI is InChI=1S/C25H33ClN2O2S/c1-5-19(4)27-25(30)23(6-2)28(15-20-12-9-10-14-22(20)26)24(29)17-31-16-21-13-8-7-11-18(21)3/h7-14,19,23H,5-6,15-17H2,1-4H3,(H,27,30)/t19-,23-/m1/s1. The summed E-state index contributed by atoms with van der Waals surface area (Å²) in [5, 5.41) is 3.64. The summed E-state index contributed by atoms with van der Waals surface area (Å²) >= 11 is 7.94. The number of carbonyl (C=O) groups excluding carboxylic acids is 2. The van der Waals surface area contributed by atoms with Crippen LogP contribution in [0.2, 0.25) is 5.02 Å². The number of hydrogen-bond acceptors (Lipinski definition) is 3. The van der Waals surface area contributed by atoms with Crippen molar-refractivity contribution in [1.29, 1.82) is 0 Å². The number of thioether (sulfide) groups is 1. The molecule has 2 rings (SSSR count). The predicted molar refractivity (Wildman–Crippen MR) is 131 cm³/mol. The van der Waals surface area contributed by atoms with Gasteiger partial charge in [0.15, 0.2) is 0 Å². The quantitative estimate of drug-likeness (QED) is 0.474. The van der Waals surface area contributed by atoms with Gasteiger partial charge in [0, 0.05) is 23.4 Å². The Morgan fingerprint density at radius 2 is 1.68 bits per heavy atom. The molecule has 2 aromatic carbocycles. The first-order valence-electron chi connectivity index (χ1n) is 10.8. The lowest BCUT2D eigenvalue weighted by Gasteiger charge is -2.31. The monoisotopic (exact) mass is 460 g/mol. The van der Waals surface area contributed by atoms with Gasteiger partial charge in [0.25, 0.3) is 0 Å². The van der Waals surface area contributed by atoms with Gasteiger partial charge in [-0.2, -0.15) is 0 Å². The number of nitrogens with one attached hydrogen (secondary N) is 1. The molecule has 2 atom stereocenters. The minimum Gasteiger partial charge on any atom is -0.352 e. The van der Waals surface area contributed by atoms with E-state index in [1.165, 1.54) is 11.1 Å². The molecule has 1 N–H and O–H groups in total. The Kier molecular flexibility index (Phi) is 10.4. The summed E-state index contributed by atoms with van der Waals surface area (Å²) in [4.78, 5) is 27.9. The van der Waals surface area contributed by atoms with Crippen LogP contribution in [0.15, 0.2) is 48.5 Å². The number of aryl methyl sites for hydroxylation is 1. The molecule has 2 amide bonds. The predicted octanol–water partition coefficient (Wildman–Crippen LogP) is 5.60. The van der Waals surface area contributed by atoms with Crippen molar-refractivity contribution in [2.45, 2.75) is 64.9 Å². The van der Waals surface area contributed by atoms with Gasteiger partial charge in [0.1, 0.15) is 6.04 Å². The number of halogens is 1. The molecule has 2 aromatic rings. The van der Waals surface area contributed by atoms with Gasteiger partial charge in [-0.1, -0.05) is 67.9 Å². The Morgan fingerprint density at radius 1 is 1.03 bits per heavy atom. The van der Waals surface area contributed by atoms with E-state index in [2.05, 4.69) is 24.4 Å². The maximum Gasteiger partial charge on any atom is 0.243 e. The molecule has 0 aliphatic heterocycles. The van der Waals surface area contributed by atoms with E-state index >= 15 is 0 Å². The third-order valence-electron chi connectivity index (χ3n) is 5.43. The lowest BCUT2D eigenvalue weighted by molar-refractivity contribution is -0.139. The highest BCUT2D eigenvalue weighted by molar-refractivity contribution is 7.99. The van der Waals surface area contributed by atoms with Gasteiger partial charge < -0.3 is 10.2 Å². The summed E-state index contributed by atoms with van der Waals surface area (Å²) in [5.74, 6) is 0.908. The molecule has 0 saturated heterocycles. The van der Waals surface area contributed by atoms with E-state index in [9.17, 15) is 9.59 Å². The van der Waals surface area contributed by atoms with E-state index < -0.39 is 6.04 Å². The lowest BCUT2D eigenvalue weighted by Crippen LogP contribution is -2.51. The van der Waals surface area contributed by atoms with Crippen LogP contribution < -0.4 is 5.32 Å². The Morgan fingerprint density at radius 3 is 2.29 bits per heavy atom. The molecule has 0 aromatic heterocycles. The topological polar surface area (TPSA) is 49.4 Å². The van der Waals surface area contributed by atoms with E-state index in [-0.39, 0.29) is 17.9 Å². The largest absolute Gasteiger partial charge is 0.352 e. The van der Waals surface area contributed by atoms with Crippen LogP contribution in [-0.4, -0.2) is 34.6 Å². The van der Waals surface area contributed by atoms with Crippen LogP contribution in [0.5, 0.6) is 0 Å². The fourth-order valence-corrected chi connectivity index (χ4v) is 4.46. The molecule has 0 aliphatic carbocycles. The number of carbonyl (C=O) groups is 2. The van der Waals surface area contributed by atoms with Crippen molar-refractivity contribution in [2.24, 2.45) is 0 Å². The van der Waals surface area contributed by atoms with Gasteiger partial charge in [-0.15, -0.1) is 11.8 Å². The molecule has 0 unspecified atom stereocenters. The molecular formula is C25H33ClN2O2S. The second kappa shape index (κ2) is 12.8. The Labute approximate surface area is 195 Å². The zero-order chi connectivity index (χ0) is 22.8. The maximum atomic E-state index is 13.3. The van der Waals surface area contributed by atoms with Gasteiger partial charge in [-0.3, -0.25) is 9.59 Å². The van der Waals surface area contributed by atoms with Crippen molar-refractivity contribution in [3.8, 4) is 0 Å². The van der Waals surface area contributed by atoms with Crippen LogP contribution in [0.1, 0.15) is 50.3 Å². The van der Waals surface area contributed by atoms with E-state index in [0.29, 0.717) is 23.7 Å². The average Bonchev–Trinajstić information content (AvgIpc) is 2.76. The molecule has 0 radical (unpaired) electrons. The summed E-state index contributed by atoms with van der Waals surface area (Å²) in [7, 11) is 0. The molecule has 31 heavy (non-hydrogen) atoms. The average molecular weight is 461 g/mol. The molecule has 0 saturated carbocycles. The van der Waals surface area contributed by atoms with Gasteiger partial charge in [0.2, 0.25) is 11.8 Å². The van der Waals surface area contributed by atoms with Crippen molar-refractivity contribution in [3.63, 3.8) is 0 Å². The van der Waals surface area contributed by atoms with Crippen LogP contribution in [0.3, 0.4) is 0 Å². The molecule has 0 fully saturated rings. The van der Waals surface area contributed by atoms with Crippen molar-refractivity contribution in [3.05, 3.63) is 70.2 Å². The third-order valence-corrected chi connectivity index (χ3v) is 6.76. The lowest BCUT2D eigenvalue weighted by atomic mass is 10.1. The van der Waals surface area contributed by atoms with Crippen LogP contribution in [0, 0.1) is 6.92 Å². The van der Waals surface area contributed by atoms with Crippen molar-refractivity contribution >= 4 is 35.2 Å². The smallest absolute Gasteiger partial charge is 0.243 e. The second-order valence-electron chi connectivity index (χ2n) is 7.77. The minimum atomic E-state index is -0.531. The third kappa shape index (κ3) is 7.58. The molecule has 168 valence electrons. The molecular weight excluding hydrogens is 428 g/mol. The molecule has 4 nitrogen and oxygen atoms in total. The highest BCUT2D eigenvalue weighted by Gasteiger charge is 2.29. The van der Waals surface area contributed by atoms with E-state index in [0.717, 1.165) is 17.7 Å². The first-order valence-corrected chi connectivity index (χ1v) is 12.4. The van der Waals surface area contributed by atoms with Crippen molar-refractivity contribution < 1.29 is 9.59 Å². The number of rotatable bonds is 11. The second-order valence-corrected chi connectivity index (χ2v) is 9.17. The molecule has 0 spiro atoms. The number of benzene rings is 2. The van der Waals surface area contributed by atoms with E-state index in [1.54, 1.807) is 16.7 Å². The Bertz CT molecular complexity index is 874. The number of amides is 2. The van der Waals surface area contributed by atoms with Crippen LogP contribution in [0.25, 0.3) is 0 Å². The summed E-state index contributed by atoms with van der Waals surface area (Å²) < 4.78 is 0. The first-order chi connectivity index (χ1) is 14.9. The van der Waals surface area contributed by atoms with Gasteiger partial charge in [0.05, 0.1) is 5.75 Å². The molecule has 6 heteroatoms. The van der Waals surface area contributed by atoms with Gasteiger partial charge in [-0.25, -0.2) is 0 Å². The van der Waals surface area contributed by atoms with E-state index in [4.69, 9.17) is 11.6 Å². The highest BCUT2D eigenvalue weighted by Crippen LogP contribution is 2.22. The summed E-state index contributed by atoms with van der Waals surface area (Å²) in [6, 6.07) is 15.2. The normalized spacial score (nSPS) is 12.8. The number of nitrogens with zero attached hydrogens (tertiary/aromatic N) is 1. The zero-order valence-electron chi connectivity index (χ0n) is 18.9. The summed E-state index contributed by atoms with van der Waals surface area (Å²) in [5.41, 5.74) is 3.28. The molecule has 0 heterocycles. The van der Waals surface area contributed by atoms with Crippen molar-refractivity contribution in [1.82, 2.24) is 10.2 Å². The van der Waals surface area contributed by atoms with Crippen LogP contribution in [0.4, 0.5) is 0 Å². The van der Waals surface area contributed by atoms with Gasteiger partial charge >= 0.3 is 0 Å². The molecule has 0 bridgehead atoms. The summed E-state index contributed by atoms with van der Waals surface area (Å²) in [6.45, 7) is 8.33. The first kappa shape index (κ1) is 25.3. The Hall–Kier alpha value is -1.98. The van der Waals surface area contributed by atoms with Crippen molar-refractivity contribution in [2.75, 3.05) is 5.75 Å². The van der Waals surface area contributed by atoms with Crippen LogP contribution in [-0.2, 0) is 21.9 Å². The minimum absolute atomic E-state index is 0.0512. The highest BCUT2D eigenvalue weighted by atomic mass is 35.5.